The zero-order chi connectivity index (χ0) is 13.0. The number of pyridine rings is 1. The number of aliphatic hydroxyl groups is 1. The first kappa shape index (κ1) is 13.6. The Morgan fingerprint density at radius 3 is 3.17 bits per heavy atom. The molecule has 0 spiro atoms. The van der Waals surface area contributed by atoms with Crippen LogP contribution in [0.15, 0.2) is 12.3 Å². The molecule has 18 heavy (non-hydrogen) atoms. The van der Waals surface area contributed by atoms with Gasteiger partial charge < -0.3 is 14.7 Å². The lowest BCUT2D eigenvalue weighted by atomic mass is 10.2. The normalized spacial score (nSPS) is 20.8. The minimum Gasteiger partial charge on any atom is -0.392 e. The Morgan fingerprint density at radius 2 is 2.44 bits per heavy atom. The third-order valence-electron chi connectivity index (χ3n) is 3.22. The molecule has 0 amide bonds. The van der Waals surface area contributed by atoms with Gasteiger partial charge in [-0.05, 0) is 18.9 Å². The van der Waals surface area contributed by atoms with Crippen molar-refractivity contribution in [2.24, 2.45) is 0 Å². The minimum absolute atomic E-state index is 0.0596. The summed E-state index contributed by atoms with van der Waals surface area (Å²) in [5.41, 5.74) is 0.722. The molecule has 1 fully saturated rings. The topological polar surface area (TPSA) is 45.6 Å². The van der Waals surface area contributed by atoms with E-state index in [0.717, 1.165) is 43.9 Å². The van der Waals surface area contributed by atoms with Crippen LogP contribution < -0.4 is 4.90 Å². The molecule has 2 heterocycles. The summed E-state index contributed by atoms with van der Waals surface area (Å²) in [5, 5.41) is 9.75. The van der Waals surface area contributed by atoms with E-state index in [1.165, 1.54) is 0 Å². The molecule has 1 atom stereocenters. The predicted octanol–water partition coefficient (Wildman–Crippen LogP) is 2.23. The highest BCUT2D eigenvalue weighted by Gasteiger charge is 2.19. The first-order valence-electron chi connectivity index (χ1n) is 6.36. The molecular formula is C13H19ClN2O2. The summed E-state index contributed by atoms with van der Waals surface area (Å²) in [4.78, 5) is 6.55. The second kappa shape index (κ2) is 6.36. The van der Waals surface area contributed by atoms with Crippen molar-refractivity contribution in [1.29, 1.82) is 0 Å². The van der Waals surface area contributed by atoms with Gasteiger partial charge in [-0.3, -0.25) is 0 Å². The number of hydrogen-bond donors (Lipinski definition) is 1. The highest BCUT2D eigenvalue weighted by molar-refractivity contribution is 6.31. The molecule has 0 bridgehead atoms. The van der Waals surface area contributed by atoms with E-state index in [1.807, 2.05) is 6.07 Å². The largest absolute Gasteiger partial charge is 0.392 e. The van der Waals surface area contributed by atoms with Crippen molar-refractivity contribution >= 4 is 17.4 Å². The summed E-state index contributed by atoms with van der Waals surface area (Å²) in [7, 11) is 0. The molecule has 1 aliphatic rings. The van der Waals surface area contributed by atoms with E-state index in [4.69, 9.17) is 16.3 Å². The molecule has 0 aromatic carbocycles. The van der Waals surface area contributed by atoms with Gasteiger partial charge >= 0.3 is 0 Å². The Morgan fingerprint density at radius 1 is 1.61 bits per heavy atom. The van der Waals surface area contributed by atoms with Crippen molar-refractivity contribution in [3.05, 3.63) is 22.8 Å². The van der Waals surface area contributed by atoms with E-state index >= 15 is 0 Å². The van der Waals surface area contributed by atoms with Crippen LogP contribution in [0.3, 0.4) is 0 Å². The highest BCUT2D eigenvalue weighted by Crippen LogP contribution is 2.22. The third-order valence-corrected chi connectivity index (χ3v) is 3.56. The van der Waals surface area contributed by atoms with Gasteiger partial charge in [-0.1, -0.05) is 18.5 Å². The SMILES string of the molecule is CCC1CN(c2cc(CO)c(Cl)cn2)CCCO1. The Hall–Kier alpha value is -0.840. The fourth-order valence-corrected chi connectivity index (χ4v) is 2.28. The Kier molecular flexibility index (Phi) is 4.80. The first-order chi connectivity index (χ1) is 8.74. The molecule has 100 valence electrons. The zero-order valence-electron chi connectivity index (χ0n) is 10.6. The number of aromatic nitrogens is 1. The lowest BCUT2D eigenvalue weighted by Gasteiger charge is -2.24. The van der Waals surface area contributed by atoms with Crippen molar-refractivity contribution in [1.82, 2.24) is 4.98 Å². The summed E-state index contributed by atoms with van der Waals surface area (Å²) in [6.45, 7) is 4.64. The summed E-state index contributed by atoms with van der Waals surface area (Å²) in [6, 6.07) is 1.86. The Bertz CT molecular complexity index is 401. The molecule has 0 aliphatic carbocycles. The molecule has 0 radical (unpaired) electrons. The van der Waals surface area contributed by atoms with Crippen molar-refractivity contribution in [3.63, 3.8) is 0 Å². The third kappa shape index (κ3) is 3.13. The number of halogens is 1. The molecular weight excluding hydrogens is 252 g/mol. The molecule has 1 unspecified atom stereocenters. The van der Waals surface area contributed by atoms with Crippen LogP contribution in [0.5, 0.6) is 0 Å². The van der Waals surface area contributed by atoms with Gasteiger partial charge in [0, 0.05) is 31.5 Å². The fourth-order valence-electron chi connectivity index (χ4n) is 2.11. The van der Waals surface area contributed by atoms with Crippen LogP contribution >= 0.6 is 11.6 Å². The average Bonchev–Trinajstić information content (AvgIpc) is 2.64. The van der Waals surface area contributed by atoms with Crippen LogP contribution in [0.4, 0.5) is 5.82 Å². The van der Waals surface area contributed by atoms with Gasteiger partial charge in [0.25, 0.3) is 0 Å². The van der Waals surface area contributed by atoms with E-state index in [0.29, 0.717) is 5.02 Å². The Balaban J connectivity index is 2.18. The minimum atomic E-state index is -0.0596. The van der Waals surface area contributed by atoms with Gasteiger partial charge in [0.15, 0.2) is 0 Å². The molecule has 0 saturated carbocycles. The lowest BCUT2D eigenvalue weighted by molar-refractivity contribution is 0.0664. The van der Waals surface area contributed by atoms with Crippen LogP contribution in [-0.2, 0) is 11.3 Å². The average molecular weight is 271 g/mol. The summed E-state index contributed by atoms with van der Waals surface area (Å²) < 4.78 is 5.74. The summed E-state index contributed by atoms with van der Waals surface area (Å²) >= 11 is 5.96. The maximum absolute atomic E-state index is 9.24. The van der Waals surface area contributed by atoms with Crippen LogP contribution in [0.25, 0.3) is 0 Å². The lowest BCUT2D eigenvalue weighted by Crippen LogP contribution is -2.32. The summed E-state index contributed by atoms with van der Waals surface area (Å²) in [5.74, 6) is 0.868. The van der Waals surface area contributed by atoms with Crippen LogP contribution in [0.1, 0.15) is 25.3 Å². The summed E-state index contributed by atoms with van der Waals surface area (Å²) in [6.07, 6.45) is 3.85. The number of rotatable bonds is 3. The first-order valence-corrected chi connectivity index (χ1v) is 6.74. The van der Waals surface area contributed by atoms with Crippen LogP contribution in [0.2, 0.25) is 5.02 Å². The number of anilines is 1. The number of ether oxygens (including phenoxy) is 1. The fraction of sp³-hybridized carbons (Fsp3) is 0.615. The van der Waals surface area contributed by atoms with Gasteiger partial charge in [-0.2, -0.15) is 0 Å². The maximum atomic E-state index is 9.24. The maximum Gasteiger partial charge on any atom is 0.129 e. The number of nitrogens with zero attached hydrogens (tertiary/aromatic N) is 2. The number of hydrogen-bond acceptors (Lipinski definition) is 4. The molecule has 1 saturated heterocycles. The van der Waals surface area contributed by atoms with Gasteiger partial charge in [0.2, 0.25) is 0 Å². The number of aliphatic hydroxyl groups excluding tert-OH is 1. The molecule has 1 aromatic heterocycles. The highest BCUT2D eigenvalue weighted by atomic mass is 35.5. The van der Waals surface area contributed by atoms with Crippen molar-refractivity contribution < 1.29 is 9.84 Å². The molecule has 1 aliphatic heterocycles. The van der Waals surface area contributed by atoms with Crippen molar-refractivity contribution in [2.45, 2.75) is 32.5 Å². The van der Waals surface area contributed by atoms with E-state index in [1.54, 1.807) is 6.20 Å². The quantitative estimate of drug-likeness (QED) is 0.915. The second-order valence-electron chi connectivity index (χ2n) is 4.49. The van der Waals surface area contributed by atoms with Crippen molar-refractivity contribution in [2.75, 3.05) is 24.6 Å². The van der Waals surface area contributed by atoms with Crippen molar-refractivity contribution in [3.8, 4) is 0 Å². The monoisotopic (exact) mass is 270 g/mol. The van der Waals surface area contributed by atoms with Gasteiger partial charge in [-0.15, -0.1) is 0 Å². The van der Waals surface area contributed by atoms with E-state index in [-0.39, 0.29) is 12.7 Å². The van der Waals surface area contributed by atoms with Crippen LogP contribution in [0, 0.1) is 0 Å². The van der Waals surface area contributed by atoms with E-state index in [2.05, 4.69) is 16.8 Å². The van der Waals surface area contributed by atoms with E-state index in [9.17, 15) is 5.11 Å². The molecule has 5 heteroatoms. The molecule has 1 aromatic rings. The molecule has 4 nitrogen and oxygen atoms in total. The van der Waals surface area contributed by atoms with Gasteiger partial charge in [0.1, 0.15) is 5.82 Å². The standard InChI is InChI=1S/C13H19ClN2O2/c1-2-11-8-16(4-3-5-18-11)13-6-10(9-17)12(14)7-15-13/h6-7,11,17H,2-5,8-9H2,1H3. The second-order valence-corrected chi connectivity index (χ2v) is 4.90. The Labute approximate surface area is 113 Å². The predicted molar refractivity (Wildman–Crippen MR) is 72.0 cm³/mol. The molecule has 2 rings (SSSR count). The van der Waals surface area contributed by atoms with E-state index < -0.39 is 0 Å². The molecule has 1 N–H and O–H groups in total. The van der Waals surface area contributed by atoms with Gasteiger partial charge in [-0.25, -0.2) is 4.98 Å². The zero-order valence-corrected chi connectivity index (χ0v) is 11.4. The smallest absolute Gasteiger partial charge is 0.129 e. The van der Waals surface area contributed by atoms with Crippen LogP contribution in [-0.4, -0.2) is 35.9 Å². The van der Waals surface area contributed by atoms with Gasteiger partial charge in [0.05, 0.1) is 17.7 Å².